The molecule has 0 saturated carbocycles. The van der Waals surface area contributed by atoms with E-state index < -0.39 is 35.9 Å². The minimum Gasteiger partial charge on any atom is -0.480 e. The number of hydrogen-bond donors (Lipinski definition) is 6. The summed E-state index contributed by atoms with van der Waals surface area (Å²) in [6.45, 7) is 0.303. The number of nitrogens with two attached hydrogens (primary N) is 4. The summed E-state index contributed by atoms with van der Waals surface area (Å²) in [5, 5.41) is 16.8. The zero-order chi connectivity index (χ0) is 19.6. The zero-order valence-corrected chi connectivity index (χ0v) is 12.9. The first-order valence-electron chi connectivity index (χ1n) is 6.91. The van der Waals surface area contributed by atoms with E-state index in [2.05, 4.69) is 0 Å². The highest BCUT2D eigenvalue weighted by atomic mass is 19.3. The molecule has 144 valence electrons. The predicted octanol–water partition coefficient (Wildman–Crippen LogP) is -0.455. The maximum Gasteiger partial charge on any atom is 0.329 e. The Morgan fingerprint density at radius 2 is 1.04 bits per heavy atom. The molecule has 0 aromatic carbocycles. The molecule has 0 aliphatic heterocycles. The number of carbonyl (C=O) groups is 2. The van der Waals surface area contributed by atoms with Gasteiger partial charge in [0.2, 0.25) is 0 Å². The van der Waals surface area contributed by atoms with Gasteiger partial charge in [-0.2, -0.15) is 0 Å². The molecule has 24 heavy (non-hydrogen) atoms. The van der Waals surface area contributed by atoms with Crippen molar-refractivity contribution in [1.29, 1.82) is 0 Å². The topological polar surface area (TPSA) is 179 Å². The zero-order valence-electron chi connectivity index (χ0n) is 12.9. The molecule has 0 aromatic heterocycles. The third-order valence-corrected chi connectivity index (χ3v) is 3.16. The molecule has 0 spiro atoms. The molecule has 0 rings (SSSR count). The summed E-state index contributed by atoms with van der Waals surface area (Å²) in [6.07, 6.45) is -6.41. The van der Waals surface area contributed by atoms with Crippen LogP contribution in [0.25, 0.3) is 0 Å². The summed E-state index contributed by atoms with van der Waals surface area (Å²) in [5.41, 5.74) is 15.1. The highest BCUT2D eigenvalue weighted by molar-refractivity contribution is 5.79. The smallest absolute Gasteiger partial charge is 0.329 e. The fraction of sp³-hybridized carbons (Fsp3) is 0.833. The quantitative estimate of drug-likeness (QED) is 0.282. The Bertz CT molecular complexity index is 367. The van der Waals surface area contributed by atoms with Crippen molar-refractivity contribution in [2.24, 2.45) is 22.9 Å². The van der Waals surface area contributed by atoms with E-state index in [4.69, 9.17) is 33.1 Å². The van der Waals surface area contributed by atoms with Gasteiger partial charge in [0.1, 0.15) is 0 Å². The van der Waals surface area contributed by atoms with Crippen molar-refractivity contribution < 1.29 is 37.4 Å². The molecule has 0 unspecified atom stereocenters. The van der Waals surface area contributed by atoms with Crippen molar-refractivity contribution in [1.82, 2.24) is 0 Å². The number of halogens is 4. The van der Waals surface area contributed by atoms with Crippen LogP contribution in [0.1, 0.15) is 25.7 Å². The summed E-state index contributed by atoms with van der Waals surface area (Å²) in [5.74, 6) is -3.38. The van der Waals surface area contributed by atoms with Gasteiger partial charge in [-0.15, -0.1) is 0 Å². The van der Waals surface area contributed by atoms with Gasteiger partial charge in [0.05, 0.1) is 0 Å². The van der Waals surface area contributed by atoms with Gasteiger partial charge in [-0.1, -0.05) is 0 Å². The maximum absolute atomic E-state index is 12.1. The molecular formula is C12H24F4N4O4. The van der Waals surface area contributed by atoms with Crippen LogP contribution >= 0.6 is 0 Å². The Hall–Kier alpha value is -1.50. The normalized spacial score (nSPS) is 16.1. The van der Waals surface area contributed by atoms with Gasteiger partial charge in [-0.25, -0.2) is 27.2 Å². The second kappa shape index (κ2) is 11.1. The second-order valence-corrected chi connectivity index (χ2v) is 5.08. The van der Waals surface area contributed by atoms with Crippen molar-refractivity contribution in [3.05, 3.63) is 0 Å². The van der Waals surface area contributed by atoms with E-state index in [0.717, 1.165) is 0 Å². The number of aliphatic carboxylic acids is 2. The highest BCUT2D eigenvalue weighted by Crippen LogP contribution is 2.19. The third kappa shape index (κ3) is 7.38. The largest absolute Gasteiger partial charge is 0.480 e. The molecule has 0 radical (unpaired) electrons. The van der Waals surface area contributed by atoms with Crippen LogP contribution < -0.4 is 22.9 Å². The molecule has 12 heteroatoms. The van der Waals surface area contributed by atoms with Crippen LogP contribution in [0.2, 0.25) is 0 Å². The minimum absolute atomic E-state index is 0.152. The first kappa shape index (κ1) is 24.7. The van der Waals surface area contributed by atoms with Crippen molar-refractivity contribution >= 4 is 11.9 Å². The lowest BCUT2D eigenvalue weighted by atomic mass is 9.95. The molecule has 0 heterocycles. The number of hydrogen-bond acceptors (Lipinski definition) is 6. The highest BCUT2D eigenvalue weighted by Gasteiger charge is 2.43. The van der Waals surface area contributed by atoms with Crippen LogP contribution in [-0.2, 0) is 9.59 Å². The fourth-order valence-electron chi connectivity index (χ4n) is 1.41. The number of carboxylic acids is 2. The average molecular weight is 364 g/mol. The summed E-state index contributed by atoms with van der Waals surface area (Å²) in [7, 11) is 0. The Balaban J connectivity index is 0. The fourth-order valence-corrected chi connectivity index (χ4v) is 1.41. The molecule has 0 saturated heterocycles. The van der Waals surface area contributed by atoms with Gasteiger partial charge in [-0.05, 0) is 38.8 Å². The van der Waals surface area contributed by atoms with Crippen LogP contribution in [0.3, 0.4) is 0 Å². The van der Waals surface area contributed by atoms with Gasteiger partial charge >= 0.3 is 11.9 Å². The summed E-state index contributed by atoms with van der Waals surface area (Å²) in [4.78, 5) is 20.6. The van der Waals surface area contributed by atoms with E-state index in [-0.39, 0.29) is 38.8 Å². The van der Waals surface area contributed by atoms with Crippen LogP contribution in [0, 0.1) is 0 Å². The van der Waals surface area contributed by atoms with Crippen LogP contribution in [0.4, 0.5) is 17.6 Å². The van der Waals surface area contributed by atoms with Gasteiger partial charge in [0, 0.05) is 0 Å². The van der Waals surface area contributed by atoms with E-state index in [1.54, 1.807) is 0 Å². The van der Waals surface area contributed by atoms with Crippen molar-refractivity contribution in [2.45, 2.75) is 49.6 Å². The molecule has 0 aliphatic carbocycles. The molecule has 0 aliphatic rings. The van der Waals surface area contributed by atoms with E-state index in [9.17, 15) is 27.2 Å². The third-order valence-electron chi connectivity index (χ3n) is 3.16. The summed E-state index contributed by atoms with van der Waals surface area (Å²) >= 11 is 0. The van der Waals surface area contributed by atoms with E-state index >= 15 is 0 Å². The van der Waals surface area contributed by atoms with Gasteiger partial charge in [-0.3, -0.25) is 0 Å². The van der Waals surface area contributed by atoms with E-state index in [1.807, 2.05) is 0 Å². The van der Waals surface area contributed by atoms with E-state index in [0.29, 0.717) is 0 Å². The molecule has 10 N–H and O–H groups in total. The molecular weight excluding hydrogens is 340 g/mol. The first-order chi connectivity index (χ1) is 10.9. The van der Waals surface area contributed by atoms with Gasteiger partial charge < -0.3 is 33.1 Å². The number of rotatable bonds is 10. The number of carboxylic acid groups (broad SMARTS) is 2. The number of alkyl halides is 4. The monoisotopic (exact) mass is 364 g/mol. The van der Waals surface area contributed by atoms with Crippen LogP contribution in [0.5, 0.6) is 0 Å². The second-order valence-electron chi connectivity index (χ2n) is 5.08. The molecule has 0 aromatic rings. The summed E-state index contributed by atoms with van der Waals surface area (Å²) < 4.78 is 48.4. The van der Waals surface area contributed by atoms with Gasteiger partial charge in [0.25, 0.3) is 12.9 Å². The lowest BCUT2D eigenvalue weighted by molar-refractivity contribution is -0.151. The SMILES string of the molecule is NCCC[C@@](N)(C(=O)O)C(F)F.NCCC[C@](N)(C(=O)O)C(F)F. The van der Waals surface area contributed by atoms with Crippen molar-refractivity contribution in [3.8, 4) is 0 Å². The van der Waals surface area contributed by atoms with E-state index in [1.165, 1.54) is 0 Å². The predicted molar refractivity (Wildman–Crippen MR) is 77.7 cm³/mol. The molecule has 2 atom stereocenters. The average Bonchev–Trinajstić information content (AvgIpc) is 2.49. The Kier molecular flexibility index (Phi) is 11.5. The van der Waals surface area contributed by atoms with Crippen LogP contribution in [0.15, 0.2) is 0 Å². The lowest BCUT2D eigenvalue weighted by Crippen LogP contribution is -2.54. The maximum atomic E-state index is 12.1. The molecule has 0 fully saturated rings. The molecule has 0 amide bonds. The first-order valence-corrected chi connectivity index (χ1v) is 6.91. The van der Waals surface area contributed by atoms with Crippen molar-refractivity contribution in [3.63, 3.8) is 0 Å². The lowest BCUT2D eigenvalue weighted by Gasteiger charge is -2.22. The Labute approximate surface area is 136 Å². The van der Waals surface area contributed by atoms with Crippen LogP contribution in [-0.4, -0.2) is 59.2 Å². The standard InChI is InChI=1S/2C6H12F2N2O2/c2*7-4(8)6(10,5(11)12)2-1-3-9/h2*4H,1-3,9-10H2,(H,11,12)/t2*6-/m10/s1. The Morgan fingerprint density at radius 1 is 0.792 bits per heavy atom. The Morgan fingerprint density at radius 3 is 1.17 bits per heavy atom. The molecule has 8 nitrogen and oxygen atoms in total. The molecule has 0 bridgehead atoms. The van der Waals surface area contributed by atoms with Gasteiger partial charge in [0.15, 0.2) is 11.1 Å². The summed E-state index contributed by atoms with van der Waals surface area (Å²) in [6, 6.07) is 0. The minimum atomic E-state index is -3.07. The van der Waals surface area contributed by atoms with Crippen molar-refractivity contribution in [2.75, 3.05) is 13.1 Å².